The molecule has 5 heteroatoms. The first-order valence-corrected chi connectivity index (χ1v) is 8.71. The van der Waals surface area contributed by atoms with Crippen molar-refractivity contribution in [1.29, 1.82) is 0 Å². The number of nitrogens with one attached hydrogen (secondary N) is 1. The van der Waals surface area contributed by atoms with E-state index in [0.29, 0.717) is 31.9 Å². The number of benzene rings is 1. The maximum atomic E-state index is 13.1. The number of hydrogen-bond donors (Lipinski definition) is 1. The van der Waals surface area contributed by atoms with Crippen LogP contribution in [-0.4, -0.2) is 29.3 Å². The molecule has 25 heavy (non-hydrogen) atoms. The first-order chi connectivity index (χ1) is 11.9. The number of aromatic nitrogens is 2. The zero-order valence-corrected chi connectivity index (χ0v) is 15.1. The van der Waals surface area contributed by atoms with E-state index in [-0.39, 0.29) is 11.3 Å². The van der Waals surface area contributed by atoms with Crippen molar-refractivity contribution in [1.82, 2.24) is 10.2 Å². The topological polar surface area (TPSA) is 64.1 Å². The van der Waals surface area contributed by atoms with Gasteiger partial charge in [-0.05, 0) is 30.5 Å². The lowest BCUT2D eigenvalue weighted by atomic mass is 9.73. The molecule has 0 saturated carbocycles. The van der Waals surface area contributed by atoms with Gasteiger partial charge in [-0.15, -0.1) is 5.10 Å². The Bertz CT molecular complexity index is 715. The standard InChI is InChI=1S/C20H25N3O2/c1-19(2,3)16-9-10-17(23-22-16)21-18(24)20(11-13-25-14-12-20)15-7-5-4-6-8-15/h4-10H,11-14H2,1-3H3,(H,21,23,24). The van der Waals surface area contributed by atoms with Crippen molar-refractivity contribution < 1.29 is 9.53 Å². The Morgan fingerprint density at radius 1 is 1.04 bits per heavy atom. The second kappa shape index (κ2) is 6.92. The molecule has 0 radical (unpaired) electrons. The quantitative estimate of drug-likeness (QED) is 0.930. The van der Waals surface area contributed by atoms with Crippen LogP contribution in [0.25, 0.3) is 0 Å². The summed E-state index contributed by atoms with van der Waals surface area (Å²) in [5, 5.41) is 11.4. The van der Waals surface area contributed by atoms with Gasteiger partial charge in [-0.3, -0.25) is 4.79 Å². The molecule has 3 rings (SSSR count). The average Bonchev–Trinajstić information content (AvgIpc) is 2.62. The van der Waals surface area contributed by atoms with E-state index in [1.807, 2.05) is 42.5 Å². The fourth-order valence-corrected chi connectivity index (χ4v) is 3.16. The van der Waals surface area contributed by atoms with Crippen LogP contribution in [-0.2, 0) is 20.4 Å². The lowest BCUT2D eigenvalue weighted by Gasteiger charge is -2.36. The van der Waals surface area contributed by atoms with Crippen molar-refractivity contribution in [2.75, 3.05) is 18.5 Å². The molecular formula is C20H25N3O2. The molecule has 1 aliphatic heterocycles. The van der Waals surface area contributed by atoms with Crippen LogP contribution >= 0.6 is 0 Å². The summed E-state index contributed by atoms with van der Waals surface area (Å²) < 4.78 is 5.49. The van der Waals surface area contributed by atoms with E-state index in [2.05, 4.69) is 36.3 Å². The molecule has 5 nitrogen and oxygen atoms in total. The third-order valence-electron chi connectivity index (χ3n) is 4.78. The fraction of sp³-hybridized carbons (Fsp3) is 0.450. The van der Waals surface area contributed by atoms with Crippen molar-refractivity contribution in [2.24, 2.45) is 0 Å². The van der Waals surface area contributed by atoms with Gasteiger partial charge in [0.05, 0.1) is 11.1 Å². The Labute approximate surface area is 148 Å². The van der Waals surface area contributed by atoms with Crippen molar-refractivity contribution in [3.05, 3.63) is 53.7 Å². The predicted molar refractivity (Wildman–Crippen MR) is 97.5 cm³/mol. The van der Waals surface area contributed by atoms with E-state index in [1.165, 1.54) is 0 Å². The highest BCUT2D eigenvalue weighted by Gasteiger charge is 2.41. The maximum Gasteiger partial charge on any atom is 0.236 e. The highest BCUT2D eigenvalue weighted by Crippen LogP contribution is 2.36. The molecule has 2 aromatic rings. The molecule has 1 saturated heterocycles. The van der Waals surface area contributed by atoms with E-state index in [0.717, 1.165) is 11.3 Å². The molecular weight excluding hydrogens is 314 g/mol. The van der Waals surface area contributed by atoms with E-state index in [9.17, 15) is 4.79 Å². The van der Waals surface area contributed by atoms with Gasteiger partial charge in [0.15, 0.2) is 5.82 Å². The minimum absolute atomic E-state index is 0.0418. The van der Waals surface area contributed by atoms with Gasteiger partial charge in [-0.1, -0.05) is 51.1 Å². The Balaban J connectivity index is 1.84. The number of ether oxygens (including phenoxy) is 1. The van der Waals surface area contributed by atoms with Gasteiger partial charge in [0.2, 0.25) is 5.91 Å². The number of anilines is 1. The highest BCUT2D eigenvalue weighted by atomic mass is 16.5. The van der Waals surface area contributed by atoms with Crippen LogP contribution in [0.4, 0.5) is 5.82 Å². The van der Waals surface area contributed by atoms with Crippen LogP contribution in [0.2, 0.25) is 0 Å². The summed E-state index contributed by atoms with van der Waals surface area (Å²) in [5.41, 5.74) is 1.27. The highest BCUT2D eigenvalue weighted by molar-refractivity contribution is 5.98. The normalized spacial score (nSPS) is 17.1. The van der Waals surface area contributed by atoms with Gasteiger partial charge in [-0.2, -0.15) is 5.10 Å². The van der Waals surface area contributed by atoms with Crippen LogP contribution in [0.15, 0.2) is 42.5 Å². The third kappa shape index (κ3) is 3.71. The van der Waals surface area contributed by atoms with E-state index in [1.54, 1.807) is 0 Å². The second-order valence-electron chi connectivity index (χ2n) is 7.57. The summed E-state index contributed by atoms with van der Waals surface area (Å²) in [6.45, 7) is 7.42. The lowest BCUT2D eigenvalue weighted by Crippen LogP contribution is -2.45. The van der Waals surface area contributed by atoms with Crippen LogP contribution in [0, 0.1) is 0 Å². The van der Waals surface area contributed by atoms with Crippen molar-refractivity contribution in [3.8, 4) is 0 Å². The summed E-state index contributed by atoms with van der Waals surface area (Å²) >= 11 is 0. The Morgan fingerprint density at radius 2 is 1.72 bits per heavy atom. The molecule has 0 atom stereocenters. The summed E-state index contributed by atoms with van der Waals surface area (Å²) in [6, 6.07) is 13.7. The number of hydrogen-bond acceptors (Lipinski definition) is 4. The number of carbonyl (C=O) groups excluding carboxylic acids is 1. The van der Waals surface area contributed by atoms with Crippen molar-refractivity contribution in [2.45, 2.75) is 44.4 Å². The van der Waals surface area contributed by atoms with Crippen LogP contribution in [0.5, 0.6) is 0 Å². The van der Waals surface area contributed by atoms with Gasteiger partial charge >= 0.3 is 0 Å². The average molecular weight is 339 g/mol. The smallest absolute Gasteiger partial charge is 0.236 e. The molecule has 1 aromatic heterocycles. The third-order valence-corrected chi connectivity index (χ3v) is 4.78. The molecule has 1 aliphatic rings. The number of amides is 1. The lowest BCUT2D eigenvalue weighted by molar-refractivity contribution is -0.125. The molecule has 2 heterocycles. The van der Waals surface area contributed by atoms with Gasteiger partial charge in [0, 0.05) is 18.6 Å². The van der Waals surface area contributed by atoms with Crippen LogP contribution < -0.4 is 5.32 Å². The first-order valence-electron chi connectivity index (χ1n) is 8.71. The Kier molecular flexibility index (Phi) is 4.86. The SMILES string of the molecule is CC(C)(C)c1ccc(NC(=O)C2(c3ccccc3)CCOCC2)nn1. The number of carbonyl (C=O) groups is 1. The zero-order chi connectivity index (χ0) is 17.9. The summed E-state index contributed by atoms with van der Waals surface area (Å²) in [4.78, 5) is 13.1. The summed E-state index contributed by atoms with van der Waals surface area (Å²) in [7, 11) is 0. The molecule has 1 fully saturated rings. The first kappa shape index (κ1) is 17.5. The van der Waals surface area contributed by atoms with Crippen molar-refractivity contribution in [3.63, 3.8) is 0 Å². The van der Waals surface area contributed by atoms with Crippen molar-refractivity contribution >= 4 is 11.7 Å². The fourth-order valence-electron chi connectivity index (χ4n) is 3.16. The predicted octanol–water partition coefficient (Wildman–Crippen LogP) is 3.46. The Morgan fingerprint density at radius 3 is 2.28 bits per heavy atom. The van der Waals surface area contributed by atoms with Gasteiger partial charge in [-0.25, -0.2) is 0 Å². The minimum Gasteiger partial charge on any atom is -0.381 e. The molecule has 1 amide bonds. The molecule has 0 spiro atoms. The molecule has 1 N–H and O–H groups in total. The molecule has 0 bridgehead atoms. The molecule has 0 unspecified atom stereocenters. The number of rotatable bonds is 3. The largest absolute Gasteiger partial charge is 0.381 e. The maximum absolute atomic E-state index is 13.1. The molecule has 1 aromatic carbocycles. The van der Waals surface area contributed by atoms with Crippen LogP contribution in [0.3, 0.4) is 0 Å². The van der Waals surface area contributed by atoms with E-state index < -0.39 is 5.41 Å². The van der Waals surface area contributed by atoms with E-state index >= 15 is 0 Å². The monoisotopic (exact) mass is 339 g/mol. The summed E-state index contributed by atoms with van der Waals surface area (Å²) in [5.74, 6) is 0.444. The van der Waals surface area contributed by atoms with Crippen LogP contribution in [0.1, 0.15) is 44.9 Å². The minimum atomic E-state index is -0.579. The van der Waals surface area contributed by atoms with Gasteiger partial charge in [0.1, 0.15) is 0 Å². The van der Waals surface area contributed by atoms with E-state index in [4.69, 9.17) is 4.74 Å². The Hall–Kier alpha value is -2.27. The number of nitrogens with zero attached hydrogens (tertiary/aromatic N) is 2. The second-order valence-corrected chi connectivity index (χ2v) is 7.57. The molecule has 0 aliphatic carbocycles. The summed E-state index contributed by atoms with van der Waals surface area (Å²) in [6.07, 6.45) is 1.33. The van der Waals surface area contributed by atoms with Gasteiger partial charge in [0.25, 0.3) is 0 Å². The zero-order valence-electron chi connectivity index (χ0n) is 15.1. The molecule has 132 valence electrons. The van der Waals surface area contributed by atoms with Gasteiger partial charge < -0.3 is 10.1 Å².